The number of hydrogen-bond acceptors (Lipinski definition) is 5. The highest BCUT2D eigenvalue weighted by atomic mass is 16.6. The zero-order valence-corrected chi connectivity index (χ0v) is 14.1. The summed E-state index contributed by atoms with van der Waals surface area (Å²) in [5.41, 5.74) is 5.48. The quantitative estimate of drug-likeness (QED) is 0.828. The Hall–Kier alpha value is -1.79. The topological polar surface area (TPSA) is 74.0 Å². The van der Waals surface area contributed by atoms with Gasteiger partial charge in [0.1, 0.15) is 6.10 Å². The highest BCUT2D eigenvalue weighted by Crippen LogP contribution is 2.34. The van der Waals surface area contributed by atoms with Gasteiger partial charge in [0.05, 0.1) is 6.10 Å². The molecule has 2 unspecified atom stereocenters. The summed E-state index contributed by atoms with van der Waals surface area (Å²) in [5.74, 6) is 1.33. The highest BCUT2D eigenvalue weighted by Gasteiger charge is 2.37. The second-order valence-electron chi connectivity index (χ2n) is 6.35. The van der Waals surface area contributed by atoms with Gasteiger partial charge < -0.3 is 24.8 Å². The third kappa shape index (κ3) is 3.82. The monoisotopic (exact) mass is 334 g/mol. The van der Waals surface area contributed by atoms with Gasteiger partial charge in [-0.1, -0.05) is 12.1 Å². The summed E-state index contributed by atoms with van der Waals surface area (Å²) in [4.78, 5) is 14.7. The molecule has 1 fully saturated rings. The van der Waals surface area contributed by atoms with E-state index in [0.717, 1.165) is 19.3 Å². The van der Waals surface area contributed by atoms with Gasteiger partial charge in [-0.25, -0.2) is 0 Å². The van der Waals surface area contributed by atoms with Gasteiger partial charge in [-0.15, -0.1) is 0 Å². The van der Waals surface area contributed by atoms with Crippen LogP contribution in [0.3, 0.4) is 0 Å². The van der Waals surface area contributed by atoms with Crippen LogP contribution in [0.5, 0.6) is 11.5 Å². The molecule has 1 aromatic carbocycles. The lowest BCUT2D eigenvalue weighted by Gasteiger charge is -2.37. The first-order valence-electron chi connectivity index (χ1n) is 8.72. The molecule has 3 rings (SSSR count). The number of carbonyl (C=O) groups excluding carboxylic acids is 1. The number of para-hydroxylation sites is 2. The van der Waals surface area contributed by atoms with Crippen molar-refractivity contribution in [3.05, 3.63) is 24.3 Å². The molecular formula is C18H26N2O4. The fourth-order valence-electron chi connectivity index (χ4n) is 3.15. The van der Waals surface area contributed by atoms with E-state index in [1.54, 1.807) is 0 Å². The van der Waals surface area contributed by atoms with E-state index >= 15 is 0 Å². The number of piperidine rings is 1. The maximum atomic E-state index is 12.8. The number of fused-ring (bicyclic) bond motifs is 1. The van der Waals surface area contributed by atoms with Gasteiger partial charge in [-0.3, -0.25) is 4.79 Å². The number of rotatable bonds is 5. The first kappa shape index (κ1) is 17.0. The SMILES string of the molecule is CC1Oc2ccccc2OC1C(=O)N1CCC(OCCCN)CC1. The summed E-state index contributed by atoms with van der Waals surface area (Å²) in [6, 6.07) is 7.46. The van der Waals surface area contributed by atoms with Crippen molar-refractivity contribution >= 4 is 5.91 Å². The second-order valence-corrected chi connectivity index (χ2v) is 6.35. The Kier molecular flexibility index (Phi) is 5.58. The molecule has 0 spiro atoms. The van der Waals surface area contributed by atoms with Crippen LogP contribution in [0.4, 0.5) is 0 Å². The average Bonchev–Trinajstić information content (AvgIpc) is 2.61. The molecule has 2 heterocycles. The minimum absolute atomic E-state index is 0.00240. The van der Waals surface area contributed by atoms with Gasteiger partial charge in [0, 0.05) is 19.7 Å². The van der Waals surface area contributed by atoms with E-state index in [0.29, 0.717) is 37.7 Å². The highest BCUT2D eigenvalue weighted by molar-refractivity contribution is 5.82. The molecule has 24 heavy (non-hydrogen) atoms. The van der Waals surface area contributed by atoms with Gasteiger partial charge >= 0.3 is 0 Å². The first-order chi connectivity index (χ1) is 11.7. The number of hydrogen-bond donors (Lipinski definition) is 1. The van der Waals surface area contributed by atoms with E-state index in [1.807, 2.05) is 36.1 Å². The largest absolute Gasteiger partial charge is 0.482 e. The van der Waals surface area contributed by atoms with Crippen molar-refractivity contribution in [1.29, 1.82) is 0 Å². The van der Waals surface area contributed by atoms with Gasteiger partial charge in [-0.2, -0.15) is 0 Å². The minimum atomic E-state index is -0.588. The molecule has 6 heteroatoms. The first-order valence-corrected chi connectivity index (χ1v) is 8.72. The Morgan fingerprint density at radius 1 is 1.25 bits per heavy atom. The van der Waals surface area contributed by atoms with E-state index < -0.39 is 6.10 Å². The summed E-state index contributed by atoms with van der Waals surface area (Å²) >= 11 is 0. The fraction of sp³-hybridized carbons (Fsp3) is 0.611. The van der Waals surface area contributed by atoms with Crippen LogP contribution < -0.4 is 15.2 Å². The molecule has 0 bridgehead atoms. The van der Waals surface area contributed by atoms with Crippen LogP contribution in [0.15, 0.2) is 24.3 Å². The Labute approximate surface area is 142 Å². The Morgan fingerprint density at radius 2 is 1.92 bits per heavy atom. The fourth-order valence-corrected chi connectivity index (χ4v) is 3.15. The average molecular weight is 334 g/mol. The molecule has 2 N–H and O–H groups in total. The maximum Gasteiger partial charge on any atom is 0.267 e. The normalized spacial score (nSPS) is 24.0. The number of likely N-dealkylation sites (tertiary alicyclic amines) is 1. The molecule has 2 atom stereocenters. The summed E-state index contributed by atoms with van der Waals surface area (Å²) in [5, 5.41) is 0. The molecular weight excluding hydrogens is 308 g/mol. The van der Waals surface area contributed by atoms with Crippen LogP contribution in [-0.4, -0.2) is 55.4 Å². The van der Waals surface area contributed by atoms with Crippen molar-refractivity contribution in [2.24, 2.45) is 5.73 Å². The van der Waals surface area contributed by atoms with E-state index in [1.165, 1.54) is 0 Å². The molecule has 0 aliphatic carbocycles. The smallest absolute Gasteiger partial charge is 0.267 e. The molecule has 0 radical (unpaired) electrons. The van der Waals surface area contributed by atoms with Crippen molar-refractivity contribution in [2.45, 2.75) is 44.5 Å². The van der Waals surface area contributed by atoms with Gasteiger partial charge in [-0.05, 0) is 44.9 Å². The van der Waals surface area contributed by atoms with Crippen molar-refractivity contribution < 1.29 is 19.0 Å². The van der Waals surface area contributed by atoms with E-state index in [4.69, 9.17) is 19.9 Å². The van der Waals surface area contributed by atoms with Gasteiger partial charge in [0.15, 0.2) is 11.5 Å². The number of benzene rings is 1. The van der Waals surface area contributed by atoms with E-state index in [-0.39, 0.29) is 18.1 Å². The number of ether oxygens (including phenoxy) is 3. The van der Waals surface area contributed by atoms with Gasteiger partial charge in [0.2, 0.25) is 6.10 Å². The zero-order valence-electron chi connectivity index (χ0n) is 14.1. The van der Waals surface area contributed by atoms with Crippen molar-refractivity contribution in [3.8, 4) is 11.5 Å². The zero-order chi connectivity index (χ0) is 16.9. The molecule has 0 saturated carbocycles. The predicted octanol–water partition coefficient (Wildman–Crippen LogP) is 1.57. The molecule has 1 saturated heterocycles. The van der Waals surface area contributed by atoms with Crippen molar-refractivity contribution in [2.75, 3.05) is 26.2 Å². The Bertz CT molecular complexity index is 558. The maximum absolute atomic E-state index is 12.8. The molecule has 0 aromatic heterocycles. The number of carbonyl (C=O) groups is 1. The van der Waals surface area contributed by atoms with Crippen LogP contribution in [0, 0.1) is 0 Å². The summed E-state index contributed by atoms with van der Waals surface area (Å²) in [6.07, 6.45) is 1.93. The van der Waals surface area contributed by atoms with Crippen LogP contribution in [0.1, 0.15) is 26.2 Å². The third-order valence-electron chi connectivity index (χ3n) is 4.54. The molecule has 1 aromatic rings. The van der Waals surface area contributed by atoms with E-state index in [9.17, 15) is 4.79 Å². The minimum Gasteiger partial charge on any atom is -0.482 e. The van der Waals surface area contributed by atoms with E-state index in [2.05, 4.69) is 0 Å². The molecule has 2 aliphatic heterocycles. The lowest BCUT2D eigenvalue weighted by atomic mass is 10.1. The molecule has 1 amide bonds. The number of amides is 1. The second kappa shape index (κ2) is 7.85. The van der Waals surface area contributed by atoms with Gasteiger partial charge in [0.25, 0.3) is 5.91 Å². The Balaban J connectivity index is 1.54. The summed E-state index contributed by atoms with van der Waals surface area (Å²) in [6.45, 7) is 4.61. The standard InChI is InChI=1S/C18H26N2O4/c1-13-17(24-16-6-3-2-5-15(16)23-13)18(21)20-10-7-14(8-11-20)22-12-4-9-19/h2-3,5-6,13-14,17H,4,7-12,19H2,1H3. The number of nitrogens with zero attached hydrogens (tertiary/aromatic N) is 1. The van der Waals surface area contributed by atoms with Crippen LogP contribution in [0.25, 0.3) is 0 Å². The van der Waals surface area contributed by atoms with Crippen LogP contribution in [0.2, 0.25) is 0 Å². The predicted molar refractivity (Wildman–Crippen MR) is 90.2 cm³/mol. The lowest BCUT2D eigenvalue weighted by molar-refractivity contribution is -0.147. The summed E-state index contributed by atoms with van der Waals surface area (Å²) < 4.78 is 17.5. The molecule has 6 nitrogen and oxygen atoms in total. The molecule has 132 valence electrons. The third-order valence-corrected chi connectivity index (χ3v) is 4.54. The molecule has 2 aliphatic rings. The van der Waals surface area contributed by atoms with Crippen molar-refractivity contribution in [1.82, 2.24) is 4.90 Å². The summed E-state index contributed by atoms with van der Waals surface area (Å²) in [7, 11) is 0. The lowest BCUT2D eigenvalue weighted by Crippen LogP contribution is -2.53. The van der Waals surface area contributed by atoms with Crippen LogP contribution in [-0.2, 0) is 9.53 Å². The Morgan fingerprint density at radius 3 is 2.58 bits per heavy atom. The van der Waals surface area contributed by atoms with Crippen molar-refractivity contribution in [3.63, 3.8) is 0 Å². The van der Waals surface area contributed by atoms with Crippen LogP contribution >= 0.6 is 0 Å². The number of nitrogens with two attached hydrogens (primary N) is 1.